The zero-order valence-electron chi connectivity index (χ0n) is 19.4. The van der Waals surface area contributed by atoms with Crippen molar-refractivity contribution in [1.29, 1.82) is 0 Å². The van der Waals surface area contributed by atoms with Gasteiger partial charge in [0.2, 0.25) is 11.8 Å². The average molecular weight is 481 g/mol. The highest BCUT2D eigenvalue weighted by Gasteiger charge is 2.42. The molecule has 2 aromatic rings. The van der Waals surface area contributed by atoms with Crippen LogP contribution in [0, 0.1) is 0 Å². The number of primary amides is 1. The standard InChI is InChI=1S/C25H28N4O6/c1-29-14-18-7-6-17(13-19(18)22(29)31)16-4-2-15(3-5-16)12-20(21(26)30)27-23(32)25(28-24(33)34)8-10-35-11-9-25/h2-7,13,20,28H,8-12,14H2,1H3,(H2,26,30)(H,27,32)(H,33,34). The maximum absolute atomic E-state index is 13.0. The van der Waals surface area contributed by atoms with Gasteiger partial charge in [0, 0.05) is 51.6 Å². The van der Waals surface area contributed by atoms with Crippen molar-refractivity contribution in [3.63, 3.8) is 0 Å². The molecule has 2 aliphatic heterocycles. The van der Waals surface area contributed by atoms with Crippen molar-refractivity contribution in [2.75, 3.05) is 20.3 Å². The van der Waals surface area contributed by atoms with Gasteiger partial charge < -0.3 is 31.1 Å². The van der Waals surface area contributed by atoms with Crippen molar-refractivity contribution in [2.45, 2.75) is 37.4 Å². The number of hydrogen-bond acceptors (Lipinski definition) is 5. The highest BCUT2D eigenvalue weighted by atomic mass is 16.5. The second-order valence-corrected chi connectivity index (χ2v) is 8.99. The number of carbonyl (C=O) groups is 4. The third kappa shape index (κ3) is 5.12. The zero-order valence-corrected chi connectivity index (χ0v) is 19.4. The number of nitrogens with one attached hydrogen (secondary N) is 2. The van der Waals surface area contributed by atoms with Gasteiger partial charge in [0.25, 0.3) is 5.91 Å². The first-order valence-electron chi connectivity index (χ1n) is 11.4. The molecule has 0 saturated carbocycles. The molecule has 0 bridgehead atoms. The Morgan fingerprint density at radius 1 is 1.11 bits per heavy atom. The number of hydrogen-bond donors (Lipinski definition) is 4. The molecule has 10 nitrogen and oxygen atoms in total. The van der Waals surface area contributed by atoms with Gasteiger partial charge in [-0.3, -0.25) is 14.4 Å². The van der Waals surface area contributed by atoms with E-state index in [1.807, 2.05) is 42.5 Å². The largest absolute Gasteiger partial charge is 0.465 e. The van der Waals surface area contributed by atoms with Crippen molar-refractivity contribution in [1.82, 2.24) is 15.5 Å². The van der Waals surface area contributed by atoms with Crippen LogP contribution in [0.4, 0.5) is 4.79 Å². The van der Waals surface area contributed by atoms with Crippen molar-refractivity contribution in [2.24, 2.45) is 5.73 Å². The summed E-state index contributed by atoms with van der Waals surface area (Å²) in [5.74, 6) is -1.32. The minimum atomic E-state index is -1.37. The molecular formula is C25H28N4O6. The molecule has 0 radical (unpaired) electrons. The van der Waals surface area contributed by atoms with Crippen molar-refractivity contribution in [3.05, 3.63) is 59.2 Å². The molecule has 4 rings (SSSR count). The van der Waals surface area contributed by atoms with Gasteiger partial charge in [-0.15, -0.1) is 0 Å². The molecule has 10 heteroatoms. The molecule has 4 amide bonds. The molecule has 2 heterocycles. The third-order valence-electron chi connectivity index (χ3n) is 6.60. The molecule has 0 aromatic heterocycles. The van der Waals surface area contributed by atoms with Gasteiger partial charge in [0.05, 0.1) is 0 Å². The summed E-state index contributed by atoms with van der Waals surface area (Å²) in [4.78, 5) is 50.4. The molecule has 2 aliphatic rings. The van der Waals surface area contributed by atoms with Crippen molar-refractivity contribution < 1.29 is 29.0 Å². The molecule has 1 fully saturated rings. The Bertz CT molecular complexity index is 1160. The Morgan fingerprint density at radius 3 is 2.40 bits per heavy atom. The van der Waals surface area contributed by atoms with Crippen LogP contribution in [0.15, 0.2) is 42.5 Å². The van der Waals surface area contributed by atoms with E-state index in [1.54, 1.807) is 11.9 Å². The molecule has 2 aromatic carbocycles. The Balaban J connectivity index is 1.47. The van der Waals surface area contributed by atoms with Gasteiger partial charge in [-0.05, 0) is 28.3 Å². The van der Waals surface area contributed by atoms with Crippen LogP contribution in [0.1, 0.15) is 34.3 Å². The number of amides is 4. The highest BCUT2D eigenvalue weighted by molar-refractivity contribution is 5.99. The van der Waals surface area contributed by atoms with E-state index >= 15 is 0 Å². The minimum absolute atomic E-state index is 0.00167. The summed E-state index contributed by atoms with van der Waals surface area (Å²) in [7, 11) is 1.77. The van der Waals surface area contributed by atoms with Crippen molar-refractivity contribution >= 4 is 23.8 Å². The highest BCUT2D eigenvalue weighted by Crippen LogP contribution is 2.28. The number of rotatable bonds is 7. The monoisotopic (exact) mass is 480 g/mol. The van der Waals surface area contributed by atoms with E-state index in [0.717, 1.165) is 22.3 Å². The molecule has 0 aliphatic carbocycles. The van der Waals surface area contributed by atoms with E-state index in [0.29, 0.717) is 12.1 Å². The first-order chi connectivity index (χ1) is 16.7. The maximum Gasteiger partial charge on any atom is 0.405 e. The van der Waals surface area contributed by atoms with Gasteiger partial charge >= 0.3 is 6.09 Å². The van der Waals surface area contributed by atoms with E-state index in [-0.39, 0.29) is 38.4 Å². The average Bonchev–Trinajstić information content (AvgIpc) is 3.12. The lowest BCUT2D eigenvalue weighted by atomic mass is 9.88. The van der Waals surface area contributed by atoms with Gasteiger partial charge in [-0.25, -0.2) is 4.79 Å². The lowest BCUT2D eigenvalue weighted by Crippen LogP contribution is -2.63. The zero-order chi connectivity index (χ0) is 25.2. The number of carbonyl (C=O) groups excluding carboxylic acids is 3. The Labute approximate surface area is 202 Å². The fourth-order valence-electron chi connectivity index (χ4n) is 4.55. The normalized spacial score (nSPS) is 17.4. The number of ether oxygens (including phenoxy) is 1. The minimum Gasteiger partial charge on any atom is -0.465 e. The van der Waals surface area contributed by atoms with E-state index in [4.69, 9.17) is 10.5 Å². The Kier molecular flexibility index (Phi) is 6.74. The second-order valence-electron chi connectivity index (χ2n) is 8.99. The second kappa shape index (κ2) is 9.75. The Morgan fingerprint density at radius 2 is 1.77 bits per heavy atom. The molecule has 184 valence electrons. The Hall–Kier alpha value is -3.92. The van der Waals surface area contributed by atoms with Crippen molar-refractivity contribution in [3.8, 4) is 11.1 Å². The molecule has 0 spiro atoms. The molecular weight excluding hydrogens is 452 g/mol. The van der Waals surface area contributed by atoms with E-state index in [2.05, 4.69) is 10.6 Å². The van der Waals surface area contributed by atoms with Crippen LogP contribution in [0.3, 0.4) is 0 Å². The van der Waals surface area contributed by atoms with Crippen LogP contribution in [-0.2, 0) is 27.3 Å². The number of fused-ring (bicyclic) bond motifs is 1. The lowest BCUT2D eigenvalue weighted by molar-refractivity contribution is -0.134. The first kappa shape index (κ1) is 24.2. The molecule has 1 saturated heterocycles. The van der Waals surface area contributed by atoms with Crippen LogP contribution < -0.4 is 16.4 Å². The molecule has 35 heavy (non-hydrogen) atoms. The fraction of sp³-hybridized carbons (Fsp3) is 0.360. The third-order valence-corrected chi connectivity index (χ3v) is 6.60. The summed E-state index contributed by atoms with van der Waals surface area (Å²) in [6.45, 7) is 1.05. The number of benzene rings is 2. The van der Waals surface area contributed by atoms with Gasteiger partial charge in [0.15, 0.2) is 0 Å². The number of carboxylic acid groups (broad SMARTS) is 1. The summed E-state index contributed by atoms with van der Waals surface area (Å²) in [6.07, 6.45) is -0.864. The van der Waals surface area contributed by atoms with E-state index < -0.39 is 29.5 Å². The number of nitrogens with two attached hydrogens (primary N) is 1. The lowest BCUT2D eigenvalue weighted by Gasteiger charge is -2.36. The quantitative estimate of drug-likeness (QED) is 0.469. The van der Waals surface area contributed by atoms with Crippen LogP contribution in [0.2, 0.25) is 0 Å². The topological polar surface area (TPSA) is 151 Å². The molecule has 5 N–H and O–H groups in total. The summed E-state index contributed by atoms with van der Waals surface area (Å²) >= 11 is 0. The molecule has 1 atom stereocenters. The van der Waals surface area contributed by atoms with Crippen LogP contribution in [0.5, 0.6) is 0 Å². The fourth-order valence-corrected chi connectivity index (χ4v) is 4.55. The van der Waals surface area contributed by atoms with E-state index in [9.17, 15) is 24.3 Å². The SMILES string of the molecule is CN1Cc2ccc(-c3ccc(CC(NC(=O)C4(NC(=O)O)CCOCC4)C(N)=O)cc3)cc2C1=O. The predicted molar refractivity (Wildman–Crippen MR) is 126 cm³/mol. The number of nitrogens with zero attached hydrogens (tertiary/aromatic N) is 1. The van der Waals surface area contributed by atoms with Crippen LogP contribution in [0.25, 0.3) is 11.1 Å². The summed E-state index contributed by atoms with van der Waals surface area (Å²) < 4.78 is 5.26. The predicted octanol–water partition coefficient (Wildman–Crippen LogP) is 1.27. The van der Waals surface area contributed by atoms with Gasteiger partial charge in [-0.1, -0.05) is 36.4 Å². The first-order valence-corrected chi connectivity index (χ1v) is 11.4. The smallest absolute Gasteiger partial charge is 0.405 e. The van der Waals surface area contributed by atoms with Gasteiger partial charge in [0.1, 0.15) is 11.6 Å². The van der Waals surface area contributed by atoms with Crippen LogP contribution >= 0.6 is 0 Å². The van der Waals surface area contributed by atoms with Gasteiger partial charge in [-0.2, -0.15) is 0 Å². The molecule has 1 unspecified atom stereocenters. The van der Waals surface area contributed by atoms with Crippen LogP contribution in [-0.4, -0.2) is 65.7 Å². The maximum atomic E-state index is 13.0. The summed E-state index contributed by atoms with van der Waals surface area (Å²) in [5.41, 5.74) is 8.45. The summed E-state index contributed by atoms with van der Waals surface area (Å²) in [6, 6.07) is 12.2. The summed E-state index contributed by atoms with van der Waals surface area (Å²) in [5, 5.41) is 14.1. The van der Waals surface area contributed by atoms with E-state index in [1.165, 1.54) is 0 Å².